The fourth-order valence-corrected chi connectivity index (χ4v) is 0.667. The average molecular weight is 178 g/mol. The van der Waals surface area contributed by atoms with Crippen LogP contribution in [-0.4, -0.2) is 50.6 Å². The summed E-state index contributed by atoms with van der Waals surface area (Å²) in [7, 11) is 0. The highest BCUT2D eigenvalue weighted by Crippen LogP contribution is 2.16. The van der Waals surface area contributed by atoms with Crippen molar-refractivity contribution in [1.82, 2.24) is 0 Å². The predicted octanol–water partition coefficient (Wildman–Crippen LogP) is -1.96. The van der Waals surface area contributed by atoms with Gasteiger partial charge in [-0.2, -0.15) is 0 Å². The van der Waals surface area contributed by atoms with Crippen molar-refractivity contribution in [2.45, 2.75) is 37.8 Å². The average Bonchev–Trinajstić information content (AvgIpc) is 2.01. The van der Waals surface area contributed by atoms with Gasteiger partial charge in [0.25, 0.3) is 0 Å². The minimum Gasteiger partial charge on any atom is -0.390 e. The van der Waals surface area contributed by atoms with Crippen molar-refractivity contribution < 1.29 is 25.2 Å². The largest absolute Gasteiger partial charge is 0.390 e. The van der Waals surface area contributed by atoms with Gasteiger partial charge in [-0.1, -0.05) is 0 Å². The van der Waals surface area contributed by atoms with Crippen LogP contribution < -0.4 is 0 Å². The maximum atomic E-state index is 10.0. The molecule has 0 aliphatic carbocycles. The number of carbonyl (C=O) groups excluding carboxylic acids is 1. The Morgan fingerprint density at radius 2 is 1.75 bits per heavy atom. The number of hydrogen-bond donors (Lipinski definition) is 4. The van der Waals surface area contributed by atoms with E-state index in [2.05, 4.69) is 0 Å². The zero-order valence-corrected chi connectivity index (χ0v) is 7.01. The van der Waals surface area contributed by atoms with E-state index in [0.717, 1.165) is 6.92 Å². The van der Waals surface area contributed by atoms with Gasteiger partial charge in [0.15, 0.2) is 6.29 Å². The van der Waals surface area contributed by atoms with Gasteiger partial charge >= 0.3 is 0 Å². The lowest BCUT2D eigenvalue weighted by molar-refractivity contribution is -0.164. The molecule has 0 unspecified atom stereocenters. The summed E-state index contributed by atoms with van der Waals surface area (Å²) in [4.78, 5) is 10.0. The lowest BCUT2D eigenvalue weighted by Crippen LogP contribution is -2.54. The van der Waals surface area contributed by atoms with Crippen LogP contribution in [0.2, 0.25) is 0 Å². The number of rotatable bonds is 4. The molecule has 0 amide bonds. The first-order valence-electron chi connectivity index (χ1n) is 3.56. The lowest BCUT2D eigenvalue weighted by Gasteiger charge is -2.32. The van der Waals surface area contributed by atoms with Gasteiger partial charge in [0, 0.05) is 0 Å². The Morgan fingerprint density at radius 3 is 2.00 bits per heavy atom. The van der Waals surface area contributed by atoms with Gasteiger partial charge < -0.3 is 25.2 Å². The van der Waals surface area contributed by atoms with Gasteiger partial charge in [0.1, 0.15) is 17.8 Å². The molecule has 0 saturated heterocycles. The minimum atomic E-state index is -1.89. The summed E-state index contributed by atoms with van der Waals surface area (Å²) < 4.78 is 0. The Hall–Kier alpha value is -0.490. The molecular weight excluding hydrogens is 164 g/mol. The van der Waals surface area contributed by atoms with E-state index in [1.165, 1.54) is 6.92 Å². The molecule has 5 nitrogen and oxygen atoms in total. The summed E-state index contributed by atoms with van der Waals surface area (Å²) in [5, 5.41) is 36.2. The van der Waals surface area contributed by atoms with Crippen molar-refractivity contribution in [2.24, 2.45) is 0 Å². The van der Waals surface area contributed by atoms with Gasteiger partial charge in [0.05, 0.1) is 6.10 Å². The highest BCUT2D eigenvalue weighted by molar-refractivity contribution is 5.57. The molecule has 0 aliphatic heterocycles. The minimum absolute atomic E-state index is 0.0987. The fourth-order valence-electron chi connectivity index (χ4n) is 0.667. The maximum Gasteiger partial charge on any atom is 0.151 e. The van der Waals surface area contributed by atoms with Crippen LogP contribution in [0.4, 0.5) is 0 Å². The molecule has 0 bridgehead atoms. The van der Waals surface area contributed by atoms with Crippen molar-refractivity contribution in [3.8, 4) is 0 Å². The van der Waals surface area contributed by atoms with Gasteiger partial charge in [-0.3, -0.25) is 0 Å². The first-order chi connectivity index (χ1) is 5.34. The molecule has 5 heteroatoms. The van der Waals surface area contributed by atoms with Crippen LogP contribution in [0.1, 0.15) is 13.8 Å². The molecule has 0 aromatic heterocycles. The van der Waals surface area contributed by atoms with E-state index in [4.69, 9.17) is 15.3 Å². The molecule has 0 aromatic rings. The Morgan fingerprint density at radius 1 is 1.33 bits per heavy atom. The first-order valence-corrected chi connectivity index (χ1v) is 3.56. The molecule has 72 valence electrons. The third kappa shape index (κ3) is 2.25. The van der Waals surface area contributed by atoms with Crippen molar-refractivity contribution in [1.29, 1.82) is 0 Å². The van der Waals surface area contributed by atoms with Gasteiger partial charge in [-0.15, -0.1) is 0 Å². The van der Waals surface area contributed by atoms with Crippen LogP contribution in [0.15, 0.2) is 0 Å². The fraction of sp³-hybridized carbons (Fsp3) is 0.857. The standard InChI is InChI=1S/C7H14O5/c1-4(9)7(2,12)6(11)5(10)3-8/h3-6,9-12H,1-2H3/t4-,5-,6-,7-/m0/s1. The molecule has 0 aliphatic rings. The molecule has 0 saturated carbocycles. The predicted molar refractivity (Wildman–Crippen MR) is 40.4 cm³/mol. The Kier molecular flexibility index (Phi) is 3.79. The van der Waals surface area contributed by atoms with Crippen LogP contribution in [0.25, 0.3) is 0 Å². The zero-order chi connectivity index (χ0) is 9.94. The van der Waals surface area contributed by atoms with Crippen LogP contribution in [0.5, 0.6) is 0 Å². The van der Waals surface area contributed by atoms with E-state index in [-0.39, 0.29) is 6.29 Å². The summed E-state index contributed by atoms with van der Waals surface area (Å²) >= 11 is 0. The summed E-state index contributed by atoms with van der Waals surface area (Å²) in [6.45, 7) is 2.38. The number of carbonyl (C=O) groups is 1. The van der Waals surface area contributed by atoms with E-state index < -0.39 is 23.9 Å². The molecule has 4 N–H and O–H groups in total. The monoisotopic (exact) mass is 178 g/mol. The number of aliphatic hydroxyl groups excluding tert-OH is 3. The number of hydrogen-bond acceptors (Lipinski definition) is 5. The second-order valence-electron chi connectivity index (χ2n) is 2.97. The second-order valence-corrected chi connectivity index (χ2v) is 2.97. The SMILES string of the molecule is C[C@H](O)[C@](C)(O)[C@@H](O)[C@@H](O)C=O. The molecule has 0 aromatic carbocycles. The highest BCUT2D eigenvalue weighted by atomic mass is 16.4. The third-order valence-corrected chi connectivity index (χ3v) is 1.91. The highest BCUT2D eigenvalue weighted by Gasteiger charge is 2.39. The molecule has 0 heterocycles. The topological polar surface area (TPSA) is 98.0 Å². The lowest BCUT2D eigenvalue weighted by atomic mass is 9.90. The molecule has 0 spiro atoms. The summed E-state index contributed by atoms with van der Waals surface area (Å²) in [6.07, 6.45) is -4.51. The third-order valence-electron chi connectivity index (χ3n) is 1.91. The first kappa shape index (κ1) is 11.5. The number of aldehydes is 1. The van der Waals surface area contributed by atoms with Crippen LogP contribution in [0, 0.1) is 0 Å². The second kappa shape index (κ2) is 3.95. The molecule has 0 rings (SSSR count). The Bertz CT molecular complexity index is 154. The van der Waals surface area contributed by atoms with E-state index >= 15 is 0 Å². The van der Waals surface area contributed by atoms with Crippen molar-refractivity contribution in [3.63, 3.8) is 0 Å². The van der Waals surface area contributed by atoms with E-state index in [1.54, 1.807) is 0 Å². The Balaban J connectivity index is 4.44. The molecular formula is C7H14O5. The molecule has 0 fully saturated rings. The van der Waals surface area contributed by atoms with Crippen molar-refractivity contribution >= 4 is 6.29 Å². The normalized spacial score (nSPS) is 23.8. The summed E-state index contributed by atoms with van der Waals surface area (Å²) in [6, 6.07) is 0. The maximum absolute atomic E-state index is 10.0. The van der Waals surface area contributed by atoms with E-state index in [0.29, 0.717) is 0 Å². The number of aliphatic hydroxyl groups is 4. The van der Waals surface area contributed by atoms with Crippen LogP contribution >= 0.6 is 0 Å². The smallest absolute Gasteiger partial charge is 0.151 e. The summed E-state index contributed by atoms with van der Waals surface area (Å²) in [5.41, 5.74) is -1.89. The van der Waals surface area contributed by atoms with Crippen molar-refractivity contribution in [2.75, 3.05) is 0 Å². The molecule has 0 radical (unpaired) electrons. The zero-order valence-electron chi connectivity index (χ0n) is 7.01. The van der Waals surface area contributed by atoms with Crippen LogP contribution in [-0.2, 0) is 4.79 Å². The van der Waals surface area contributed by atoms with Gasteiger partial charge in [-0.25, -0.2) is 0 Å². The van der Waals surface area contributed by atoms with Gasteiger partial charge in [-0.05, 0) is 13.8 Å². The summed E-state index contributed by atoms with van der Waals surface area (Å²) in [5.74, 6) is 0. The molecule has 4 atom stereocenters. The van der Waals surface area contributed by atoms with E-state index in [9.17, 15) is 9.90 Å². The Labute approximate surface area is 70.3 Å². The van der Waals surface area contributed by atoms with Crippen molar-refractivity contribution in [3.05, 3.63) is 0 Å². The van der Waals surface area contributed by atoms with Crippen LogP contribution in [0.3, 0.4) is 0 Å². The molecule has 12 heavy (non-hydrogen) atoms. The van der Waals surface area contributed by atoms with E-state index in [1.807, 2.05) is 0 Å². The quantitative estimate of drug-likeness (QED) is 0.375. The van der Waals surface area contributed by atoms with Gasteiger partial charge in [0.2, 0.25) is 0 Å².